The minimum absolute atomic E-state index is 0.0825. The van der Waals surface area contributed by atoms with Crippen molar-refractivity contribution < 1.29 is 13.5 Å². The number of hydrogen-bond donors (Lipinski definition) is 1. The molecule has 4 heteroatoms. The molecule has 0 amide bonds. The topological polar surface area (TPSA) is 35.2 Å². The molecule has 0 aromatic heterocycles. The third-order valence-electron chi connectivity index (χ3n) is 2.29. The minimum atomic E-state index is -0.512. The summed E-state index contributed by atoms with van der Waals surface area (Å²) < 4.78 is 31.1. The molecule has 17 heavy (non-hydrogen) atoms. The van der Waals surface area contributed by atoms with Gasteiger partial charge in [0.25, 0.3) is 0 Å². The standard InChI is InChI=1S/C13H11F2NO/c14-10-3-1-9(2-4-10)8-17-11-5-6-13(16)12(15)7-11/h1-7H,8,16H2. The predicted octanol–water partition coefficient (Wildman–Crippen LogP) is 3.13. The van der Waals surface area contributed by atoms with Crippen LogP contribution in [0.2, 0.25) is 0 Å². The third-order valence-corrected chi connectivity index (χ3v) is 2.29. The van der Waals surface area contributed by atoms with E-state index in [4.69, 9.17) is 10.5 Å². The number of hydrogen-bond acceptors (Lipinski definition) is 2. The van der Waals surface area contributed by atoms with Crippen molar-refractivity contribution in [2.45, 2.75) is 6.61 Å². The molecule has 0 heterocycles. The van der Waals surface area contributed by atoms with E-state index < -0.39 is 5.82 Å². The Labute approximate surface area is 97.6 Å². The fraction of sp³-hybridized carbons (Fsp3) is 0.0769. The predicted molar refractivity (Wildman–Crippen MR) is 61.5 cm³/mol. The Balaban J connectivity index is 2.02. The summed E-state index contributed by atoms with van der Waals surface area (Å²) in [6.45, 7) is 0.254. The highest BCUT2D eigenvalue weighted by Gasteiger charge is 2.01. The molecular formula is C13H11F2NO. The van der Waals surface area contributed by atoms with Gasteiger partial charge in [-0.1, -0.05) is 12.1 Å². The molecule has 2 nitrogen and oxygen atoms in total. The molecule has 0 saturated carbocycles. The average molecular weight is 235 g/mol. The Morgan fingerprint density at radius 3 is 2.35 bits per heavy atom. The van der Waals surface area contributed by atoms with Crippen LogP contribution in [0, 0.1) is 11.6 Å². The summed E-state index contributed by atoms with van der Waals surface area (Å²) in [6, 6.07) is 10.2. The van der Waals surface area contributed by atoms with Crippen molar-refractivity contribution in [2.75, 3.05) is 5.73 Å². The summed E-state index contributed by atoms with van der Waals surface area (Å²) in [5, 5.41) is 0. The van der Waals surface area contributed by atoms with Crippen molar-refractivity contribution in [2.24, 2.45) is 0 Å². The van der Waals surface area contributed by atoms with Crippen LogP contribution in [0.5, 0.6) is 5.75 Å². The Hall–Kier alpha value is -2.10. The van der Waals surface area contributed by atoms with E-state index in [2.05, 4.69) is 0 Å². The normalized spacial score (nSPS) is 10.2. The average Bonchev–Trinajstić information content (AvgIpc) is 2.33. The van der Waals surface area contributed by atoms with Crippen LogP contribution in [0.1, 0.15) is 5.56 Å². The van der Waals surface area contributed by atoms with Crippen molar-refractivity contribution in [3.05, 3.63) is 59.7 Å². The summed E-state index contributed by atoms with van der Waals surface area (Å²) in [5.41, 5.74) is 6.23. The number of anilines is 1. The van der Waals surface area contributed by atoms with Gasteiger partial charge in [-0.15, -0.1) is 0 Å². The Morgan fingerprint density at radius 2 is 1.71 bits per heavy atom. The van der Waals surface area contributed by atoms with E-state index in [1.165, 1.54) is 24.3 Å². The first kappa shape index (κ1) is 11.4. The number of benzene rings is 2. The summed E-state index contributed by atoms with van der Waals surface area (Å²) in [6.07, 6.45) is 0. The van der Waals surface area contributed by atoms with Gasteiger partial charge in [-0.2, -0.15) is 0 Å². The number of ether oxygens (including phenoxy) is 1. The molecule has 0 unspecified atom stereocenters. The lowest BCUT2D eigenvalue weighted by Crippen LogP contribution is -1.97. The molecule has 2 N–H and O–H groups in total. The lowest BCUT2D eigenvalue weighted by Gasteiger charge is -2.07. The van der Waals surface area contributed by atoms with E-state index in [9.17, 15) is 8.78 Å². The van der Waals surface area contributed by atoms with E-state index in [0.29, 0.717) is 5.75 Å². The van der Waals surface area contributed by atoms with Gasteiger partial charge in [0.05, 0.1) is 5.69 Å². The highest BCUT2D eigenvalue weighted by Crippen LogP contribution is 2.19. The first-order valence-electron chi connectivity index (χ1n) is 5.07. The molecule has 0 bridgehead atoms. The summed E-state index contributed by atoms with van der Waals surface area (Å²) in [7, 11) is 0. The molecule has 0 radical (unpaired) electrons. The zero-order valence-corrected chi connectivity index (χ0v) is 8.99. The van der Waals surface area contributed by atoms with Gasteiger partial charge in [0, 0.05) is 6.07 Å². The molecule has 0 aliphatic rings. The van der Waals surface area contributed by atoms with Crippen LogP contribution < -0.4 is 10.5 Å². The molecule has 0 aliphatic carbocycles. The maximum atomic E-state index is 13.1. The van der Waals surface area contributed by atoms with Gasteiger partial charge < -0.3 is 10.5 Å². The zero-order valence-electron chi connectivity index (χ0n) is 8.99. The summed E-state index contributed by atoms with van der Waals surface area (Å²) >= 11 is 0. The number of rotatable bonds is 3. The van der Waals surface area contributed by atoms with Crippen LogP contribution in [-0.4, -0.2) is 0 Å². The highest BCUT2D eigenvalue weighted by atomic mass is 19.1. The van der Waals surface area contributed by atoms with Crippen LogP contribution in [0.3, 0.4) is 0 Å². The highest BCUT2D eigenvalue weighted by molar-refractivity contribution is 5.43. The summed E-state index contributed by atoms with van der Waals surface area (Å²) in [5.74, 6) is -0.421. The molecule has 2 aromatic rings. The van der Waals surface area contributed by atoms with Gasteiger partial charge in [-0.05, 0) is 29.8 Å². The Morgan fingerprint density at radius 1 is 1.00 bits per heavy atom. The molecule has 0 aliphatic heterocycles. The Bertz CT molecular complexity index is 511. The van der Waals surface area contributed by atoms with Gasteiger partial charge in [-0.3, -0.25) is 0 Å². The second kappa shape index (κ2) is 4.82. The molecule has 0 spiro atoms. The van der Waals surface area contributed by atoms with Gasteiger partial charge in [0.1, 0.15) is 24.0 Å². The van der Waals surface area contributed by atoms with Gasteiger partial charge in [-0.25, -0.2) is 8.78 Å². The molecule has 88 valence electrons. The molecule has 0 saturated heterocycles. The second-order valence-electron chi connectivity index (χ2n) is 3.60. The lowest BCUT2D eigenvalue weighted by atomic mass is 10.2. The minimum Gasteiger partial charge on any atom is -0.489 e. The molecule has 0 fully saturated rings. The van der Waals surface area contributed by atoms with E-state index in [0.717, 1.165) is 5.56 Å². The molecule has 2 rings (SSSR count). The van der Waals surface area contributed by atoms with Crippen molar-refractivity contribution in [1.82, 2.24) is 0 Å². The Kier molecular flexibility index (Phi) is 3.23. The third kappa shape index (κ3) is 2.93. The van der Waals surface area contributed by atoms with E-state index in [1.807, 2.05) is 0 Å². The quantitative estimate of drug-likeness (QED) is 0.829. The summed E-state index contributed by atoms with van der Waals surface area (Å²) in [4.78, 5) is 0. The SMILES string of the molecule is Nc1ccc(OCc2ccc(F)cc2)cc1F. The molecule has 0 atom stereocenters. The first-order chi connectivity index (χ1) is 8.15. The lowest BCUT2D eigenvalue weighted by molar-refractivity contribution is 0.304. The molecule has 2 aromatic carbocycles. The molecular weight excluding hydrogens is 224 g/mol. The van der Waals surface area contributed by atoms with Crippen LogP contribution >= 0.6 is 0 Å². The van der Waals surface area contributed by atoms with Gasteiger partial charge in [0.2, 0.25) is 0 Å². The number of nitrogen functional groups attached to an aromatic ring is 1. The van der Waals surface area contributed by atoms with Crippen molar-refractivity contribution in [3.8, 4) is 5.75 Å². The van der Waals surface area contributed by atoms with Crippen molar-refractivity contribution in [1.29, 1.82) is 0 Å². The van der Waals surface area contributed by atoms with Crippen LogP contribution in [0.25, 0.3) is 0 Å². The maximum Gasteiger partial charge on any atom is 0.149 e. The zero-order chi connectivity index (χ0) is 12.3. The first-order valence-corrected chi connectivity index (χ1v) is 5.07. The number of halogens is 2. The fourth-order valence-electron chi connectivity index (χ4n) is 1.34. The smallest absolute Gasteiger partial charge is 0.149 e. The van der Waals surface area contributed by atoms with Crippen LogP contribution in [0.15, 0.2) is 42.5 Å². The van der Waals surface area contributed by atoms with Crippen molar-refractivity contribution >= 4 is 5.69 Å². The largest absolute Gasteiger partial charge is 0.489 e. The van der Waals surface area contributed by atoms with Crippen molar-refractivity contribution in [3.63, 3.8) is 0 Å². The fourth-order valence-corrected chi connectivity index (χ4v) is 1.34. The second-order valence-corrected chi connectivity index (χ2v) is 3.60. The van der Waals surface area contributed by atoms with Gasteiger partial charge >= 0.3 is 0 Å². The van der Waals surface area contributed by atoms with E-state index in [1.54, 1.807) is 18.2 Å². The maximum absolute atomic E-state index is 13.1. The van der Waals surface area contributed by atoms with Gasteiger partial charge in [0.15, 0.2) is 0 Å². The van der Waals surface area contributed by atoms with Crippen LogP contribution in [-0.2, 0) is 6.61 Å². The monoisotopic (exact) mass is 235 g/mol. The van der Waals surface area contributed by atoms with E-state index in [-0.39, 0.29) is 18.1 Å². The number of nitrogens with two attached hydrogens (primary N) is 1. The van der Waals surface area contributed by atoms with Crippen LogP contribution in [0.4, 0.5) is 14.5 Å². The van der Waals surface area contributed by atoms with E-state index >= 15 is 0 Å².